The van der Waals surface area contributed by atoms with E-state index in [2.05, 4.69) is 11.1 Å². The first-order chi connectivity index (χ1) is 15.6. The third-order valence-corrected chi connectivity index (χ3v) is 6.99. The fraction of sp³-hybridized carbons (Fsp3) is 0.480. The maximum Gasteiger partial charge on any atom is 0.421 e. The van der Waals surface area contributed by atoms with Crippen LogP contribution < -0.4 is 0 Å². The second-order valence-corrected chi connectivity index (χ2v) is 9.23. The fourth-order valence-corrected chi connectivity index (χ4v) is 4.68. The molecule has 1 heterocycles. The quantitative estimate of drug-likeness (QED) is 0.696. The standard InChI is InChI=1S/C25H26F3N3O2/c1-23(33,25(26,27)28)18-7-5-17(6-8-18)22(32)31(19-9-10-19)20-11-13-24(16-29,14-12-20)21-4-2-3-15-30-21/h2-8,15,19-20,33H,9-14H2,1H3/t20?,23-,24?/m0/s1. The number of aliphatic hydroxyl groups is 1. The first kappa shape index (κ1) is 23.2. The largest absolute Gasteiger partial charge is 0.421 e. The van der Waals surface area contributed by atoms with Crippen molar-refractivity contribution in [2.75, 3.05) is 0 Å². The predicted octanol–water partition coefficient (Wildman–Crippen LogP) is 4.86. The zero-order chi connectivity index (χ0) is 23.9. The van der Waals surface area contributed by atoms with Crippen molar-refractivity contribution in [1.29, 1.82) is 5.26 Å². The van der Waals surface area contributed by atoms with Crippen molar-refractivity contribution in [2.45, 2.75) is 74.7 Å². The highest BCUT2D eigenvalue weighted by Crippen LogP contribution is 2.43. The molecule has 174 valence electrons. The van der Waals surface area contributed by atoms with E-state index >= 15 is 0 Å². The highest BCUT2D eigenvalue weighted by Gasteiger charge is 2.51. The molecule has 1 aromatic heterocycles. The van der Waals surface area contributed by atoms with Gasteiger partial charge >= 0.3 is 6.18 Å². The van der Waals surface area contributed by atoms with E-state index in [1.165, 1.54) is 12.1 Å². The first-order valence-corrected chi connectivity index (χ1v) is 11.1. The van der Waals surface area contributed by atoms with Crippen LogP contribution in [0.4, 0.5) is 13.2 Å². The molecular formula is C25H26F3N3O2. The molecular weight excluding hydrogens is 431 g/mol. The van der Waals surface area contributed by atoms with Gasteiger partial charge in [-0.3, -0.25) is 9.78 Å². The molecule has 2 saturated carbocycles. The van der Waals surface area contributed by atoms with Crippen molar-refractivity contribution in [3.05, 3.63) is 65.5 Å². The molecule has 33 heavy (non-hydrogen) atoms. The molecule has 2 aliphatic rings. The van der Waals surface area contributed by atoms with Crippen molar-refractivity contribution in [1.82, 2.24) is 9.88 Å². The lowest BCUT2D eigenvalue weighted by Gasteiger charge is -2.40. The smallest absolute Gasteiger partial charge is 0.376 e. The minimum atomic E-state index is -4.82. The van der Waals surface area contributed by atoms with Gasteiger partial charge in [0.1, 0.15) is 0 Å². The van der Waals surface area contributed by atoms with E-state index in [1.807, 2.05) is 23.1 Å². The van der Waals surface area contributed by atoms with Gasteiger partial charge in [-0.05, 0) is 75.3 Å². The molecule has 2 aromatic rings. The van der Waals surface area contributed by atoms with Gasteiger partial charge in [-0.2, -0.15) is 18.4 Å². The Hall–Kier alpha value is -2.92. The lowest BCUT2D eigenvalue weighted by molar-refractivity contribution is -0.258. The van der Waals surface area contributed by atoms with Gasteiger partial charge in [-0.25, -0.2) is 0 Å². The molecule has 1 atom stereocenters. The summed E-state index contributed by atoms with van der Waals surface area (Å²) in [7, 11) is 0. The zero-order valence-corrected chi connectivity index (χ0v) is 18.3. The number of halogens is 3. The number of nitriles is 1. The van der Waals surface area contributed by atoms with Crippen LogP contribution in [0, 0.1) is 11.3 Å². The SMILES string of the molecule is C[C@](O)(c1ccc(C(=O)N(C2CC2)C2CCC(C#N)(c3ccccn3)CC2)cc1)C(F)(F)F. The molecule has 1 aromatic carbocycles. The average Bonchev–Trinajstić information content (AvgIpc) is 3.65. The Balaban J connectivity index is 1.51. The van der Waals surface area contributed by atoms with Crippen molar-refractivity contribution in [3.63, 3.8) is 0 Å². The van der Waals surface area contributed by atoms with E-state index in [1.54, 1.807) is 6.20 Å². The predicted molar refractivity (Wildman–Crippen MR) is 115 cm³/mol. The summed E-state index contributed by atoms with van der Waals surface area (Å²) in [6.07, 6.45) is 1.16. The number of pyridine rings is 1. The number of carbonyl (C=O) groups is 1. The van der Waals surface area contributed by atoms with E-state index in [0.717, 1.165) is 30.7 Å². The van der Waals surface area contributed by atoms with Crippen LogP contribution in [0.1, 0.15) is 67.1 Å². The summed E-state index contributed by atoms with van der Waals surface area (Å²) in [4.78, 5) is 19.6. The number of hydrogen-bond donors (Lipinski definition) is 1. The Bertz CT molecular complexity index is 1030. The van der Waals surface area contributed by atoms with Crippen LogP contribution in [0.25, 0.3) is 0 Å². The monoisotopic (exact) mass is 457 g/mol. The number of nitrogens with zero attached hydrogens (tertiary/aromatic N) is 3. The molecule has 2 fully saturated rings. The number of aromatic nitrogens is 1. The second kappa shape index (κ2) is 8.45. The summed E-state index contributed by atoms with van der Waals surface area (Å²) < 4.78 is 39.4. The van der Waals surface area contributed by atoms with Gasteiger partial charge in [0.15, 0.2) is 5.60 Å². The Morgan fingerprint density at radius 3 is 2.18 bits per heavy atom. The van der Waals surface area contributed by atoms with E-state index in [-0.39, 0.29) is 23.6 Å². The molecule has 8 heteroatoms. The van der Waals surface area contributed by atoms with E-state index < -0.39 is 17.2 Å². The maximum absolute atomic E-state index is 13.3. The van der Waals surface area contributed by atoms with Crippen LogP contribution in [0.2, 0.25) is 0 Å². The normalized spacial score (nSPS) is 25.0. The Labute approximate surface area is 190 Å². The van der Waals surface area contributed by atoms with Crippen molar-refractivity contribution < 1.29 is 23.1 Å². The molecule has 5 nitrogen and oxygen atoms in total. The summed E-state index contributed by atoms with van der Waals surface area (Å²) in [5.74, 6) is -0.219. The maximum atomic E-state index is 13.3. The third kappa shape index (κ3) is 4.34. The van der Waals surface area contributed by atoms with Gasteiger partial charge in [0, 0.05) is 23.8 Å². The van der Waals surface area contributed by atoms with Crippen molar-refractivity contribution in [2.24, 2.45) is 0 Å². The van der Waals surface area contributed by atoms with E-state index in [0.29, 0.717) is 38.2 Å². The summed E-state index contributed by atoms with van der Waals surface area (Å²) >= 11 is 0. The van der Waals surface area contributed by atoms with Gasteiger partial charge in [-0.15, -0.1) is 0 Å². The van der Waals surface area contributed by atoms with Crippen LogP contribution in [0.3, 0.4) is 0 Å². The van der Waals surface area contributed by atoms with Gasteiger partial charge < -0.3 is 10.0 Å². The second-order valence-electron chi connectivity index (χ2n) is 9.23. The lowest BCUT2D eigenvalue weighted by atomic mass is 9.71. The molecule has 0 radical (unpaired) electrons. The van der Waals surface area contributed by atoms with Crippen LogP contribution in [0.15, 0.2) is 48.7 Å². The zero-order valence-electron chi connectivity index (χ0n) is 18.3. The van der Waals surface area contributed by atoms with Crippen LogP contribution >= 0.6 is 0 Å². The number of benzene rings is 1. The lowest BCUT2D eigenvalue weighted by Crippen LogP contribution is -2.46. The summed E-state index contributed by atoms with van der Waals surface area (Å²) in [5.41, 5.74) is -2.91. The minimum absolute atomic E-state index is 0.0341. The number of carbonyl (C=O) groups excluding carboxylic acids is 1. The van der Waals surface area contributed by atoms with E-state index in [9.17, 15) is 28.3 Å². The van der Waals surface area contributed by atoms with Gasteiger partial charge in [-0.1, -0.05) is 18.2 Å². The summed E-state index contributed by atoms with van der Waals surface area (Å²) in [6.45, 7) is 0.700. The molecule has 0 unspecified atom stereocenters. The Morgan fingerprint density at radius 1 is 1.09 bits per heavy atom. The molecule has 0 spiro atoms. The molecule has 0 saturated heterocycles. The van der Waals surface area contributed by atoms with E-state index in [4.69, 9.17) is 0 Å². The highest BCUT2D eigenvalue weighted by molar-refractivity contribution is 5.95. The average molecular weight is 457 g/mol. The summed E-state index contributed by atoms with van der Waals surface area (Å²) in [5, 5.41) is 19.8. The minimum Gasteiger partial charge on any atom is -0.376 e. The number of alkyl halides is 3. The Kier molecular flexibility index (Phi) is 5.95. The number of rotatable bonds is 5. The topological polar surface area (TPSA) is 77.2 Å². The fourth-order valence-electron chi connectivity index (χ4n) is 4.68. The Morgan fingerprint density at radius 2 is 1.70 bits per heavy atom. The van der Waals surface area contributed by atoms with Crippen molar-refractivity contribution >= 4 is 5.91 Å². The number of hydrogen-bond acceptors (Lipinski definition) is 4. The van der Waals surface area contributed by atoms with Crippen LogP contribution in [-0.4, -0.2) is 39.2 Å². The van der Waals surface area contributed by atoms with Gasteiger partial charge in [0.05, 0.1) is 17.2 Å². The molecule has 2 aliphatic carbocycles. The van der Waals surface area contributed by atoms with Crippen molar-refractivity contribution in [3.8, 4) is 6.07 Å². The number of amides is 1. The molecule has 0 aliphatic heterocycles. The third-order valence-electron chi connectivity index (χ3n) is 6.99. The highest BCUT2D eigenvalue weighted by atomic mass is 19.4. The molecule has 0 bridgehead atoms. The van der Waals surface area contributed by atoms with Gasteiger partial charge in [0.25, 0.3) is 5.91 Å². The van der Waals surface area contributed by atoms with Crippen LogP contribution in [0.5, 0.6) is 0 Å². The first-order valence-electron chi connectivity index (χ1n) is 11.1. The molecule has 1 amide bonds. The van der Waals surface area contributed by atoms with Crippen LogP contribution in [-0.2, 0) is 11.0 Å². The van der Waals surface area contributed by atoms with Gasteiger partial charge in [0.2, 0.25) is 0 Å². The molecule has 1 N–H and O–H groups in total. The molecule has 4 rings (SSSR count). The summed E-state index contributed by atoms with van der Waals surface area (Å²) in [6, 6.07) is 13.1.